The Balaban J connectivity index is 1.83. The van der Waals surface area contributed by atoms with Crippen molar-refractivity contribution in [3.63, 3.8) is 0 Å². The third kappa shape index (κ3) is 6.57. The number of rotatable bonds is 12. The quantitative estimate of drug-likeness (QED) is 0.277. The zero-order valence-electron chi connectivity index (χ0n) is 19.9. The van der Waals surface area contributed by atoms with Gasteiger partial charge in [-0.25, -0.2) is 9.97 Å². The number of aromatic nitrogens is 2. The Morgan fingerprint density at radius 2 is 1.91 bits per heavy atom. The van der Waals surface area contributed by atoms with Gasteiger partial charge in [0.25, 0.3) is 0 Å². The molecule has 0 spiro atoms. The SMILES string of the molecule is CCCCc1cccc2nc(C)nc(Nc3ccc(OC)c(OCCCC(=O)OCC)c3)c12. The molecule has 0 aliphatic rings. The van der Waals surface area contributed by atoms with Crippen LogP contribution in [0, 0.1) is 6.92 Å². The van der Waals surface area contributed by atoms with Gasteiger partial charge in [-0.1, -0.05) is 25.5 Å². The monoisotopic (exact) mass is 451 g/mol. The average molecular weight is 452 g/mol. The van der Waals surface area contributed by atoms with Gasteiger partial charge >= 0.3 is 5.97 Å². The van der Waals surface area contributed by atoms with Gasteiger partial charge < -0.3 is 19.5 Å². The molecule has 176 valence electrons. The van der Waals surface area contributed by atoms with Gasteiger partial charge in [0, 0.05) is 23.6 Å². The number of hydrogen-bond acceptors (Lipinski definition) is 7. The van der Waals surface area contributed by atoms with E-state index >= 15 is 0 Å². The van der Waals surface area contributed by atoms with Gasteiger partial charge in [-0.3, -0.25) is 4.79 Å². The molecule has 0 saturated carbocycles. The summed E-state index contributed by atoms with van der Waals surface area (Å²) in [6, 6.07) is 11.9. The molecule has 0 aliphatic carbocycles. The molecule has 0 fully saturated rings. The number of aryl methyl sites for hydroxylation is 2. The highest BCUT2D eigenvalue weighted by Crippen LogP contribution is 2.33. The lowest BCUT2D eigenvalue weighted by atomic mass is 10.0. The molecule has 7 heteroatoms. The molecule has 0 amide bonds. The lowest BCUT2D eigenvalue weighted by Gasteiger charge is -2.15. The summed E-state index contributed by atoms with van der Waals surface area (Å²) >= 11 is 0. The van der Waals surface area contributed by atoms with Crippen LogP contribution in [0.2, 0.25) is 0 Å². The minimum Gasteiger partial charge on any atom is -0.493 e. The highest BCUT2D eigenvalue weighted by Gasteiger charge is 2.13. The number of unbranched alkanes of at least 4 members (excludes halogenated alkanes) is 1. The summed E-state index contributed by atoms with van der Waals surface area (Å²) in [4.78, 5) is 20.9. The van der Waals surface area contributed by atoms with Crippen molar-refractivity contribution in [1.29, 1.82) is 0 Å². The van der Waals surface area contributed by atoms with Crippen LogP contribution < -0.4 is 14.8 Å². The number of ether oxygens (including phenoxy) is 3. The first-order valence-corrected chi connectivity index (χ1v) is 11.5. The predicted octanol–water partition coefficient (Wildman–Crippen LogP) is 5.76. The van der Waals surface area contributed by atoms with E-state index in [0.717, 1.165) is 41.7 Å². The highest BCUT2D eigenvalue weighted by molar-refractivity contribution is 5.93. The number of hydrogen-bond donors (Lipinski definition) is 1. The molecule has 1 heterocycles. The van der Waals surface area contributed by atoms with E-state index in [1.54, 1.807) is 14.0 Å². The normalized spacial score (nSPS) is 10.8. The summed E-state index contributed by atoms with van der Waals surface area (Å²) < 4.78 is 16.3. The van der Waals surface area contributed by atoms with Crippen molar-refractivity contribution in [2.24, 2.45) is 0 Å². The van der Waals surface area contributed by atoms with Gasteiger partial charge in [0.05, 0.1) is 25.8 Å². The number of anilines is 2. The fourth-order valence-electron chi connectivity index (χ4n) is 3.67. The smallest absolute Gasteiger partial charge is 0.305 e. The number of methoxy groups -OCH3 is 1. The largest absolute Gasteiger partial charge is 0.493 e. The number of nitrogens with zero attached hydrogens (tertiary/aromatic N) is 2. The van der Waals surface area contributed by atoms with E-state index in [0.29, 0.717) is 43.4 Å². The van der Waals surface area contributed by atoms with Gasteiger partial charge in [-0.05, 0) is 56.9 Å². The first-order chi connectivity index (χ1) is 16.0. The van der Waals surface area contributed by atoms with E-state index in [-0.39, 0.29) is 5.97 Å². The van der Waals surface area contributed by atoms with Gasteiger partial charge in [0.2, 0.25) is 0 Å². The van der Waals surface area contributed by atoms with E-state index in [1.807, 2.05) is 31.2 Å². The van der Waals surface area contributed by atoms with Crippen LogP contribution in [0.25, 0.3) is 10.9 Å². The molecule has 0 unspecified atom stereocenters. The lowest BCUT2D eigenvalue weighted by Crippen LogP contribution is -2.07. The molecule has 2 aromatic carbocycles. The van der Waals surface area contributed by atoms with Crippen LogP contribution in [-0.4, -0.2) is 36.3 Å². The maximum absolute atomic E-state index is 11.5. The predicted molar refractivity (Wildman–Crippen MR) is 131 cm³/mol. The van der Waals surface area contributed by atoms with Crippen LogP contribution in [0.1, 0.15) is 50.9 Å². The van der Waals surface area contributed by atoms with Crippen molar-refractivity contribution in [1.82, 2.24) is 9.97 Å². The Labute approximate surface area is 195 Å². The summed E-state index contributed by atoms with van der Waals surface area (Å²) in [6.07, 6.45) is 4.10. The number of benzene rings is 2. The number of carbonyl (C=O) groups excluding carboxylic acids is 1. The zero-order valence-corrected chi connectivity index (χ0v) is 19.9. The van der Waals surface area contributed by atoms with Crippen molar-refractivity contribution in [2.45, 2.75) is 52.9 Å². The van der Waals surface area contributed by atoms with Crippen LogP contribution in [0.4, 0.5) is 11.5 Å². The fraction of sp³-hybridized carbons (Fsp3) is 0.423. The second-order valence-corrected chi connectivity index (χ2v) is 7.78. The summed E-state index contributed by atoms with van der Waals surface area (Å²) in [7, 11) is 1.61. The maximum atomic E-state index is 11.5. The van der Waals surface area contributed by atoms with Crippen LogP contribution in [0.15, 0.2) is 36.4 Å². The Morgan fingerprint density at radius 3 is 2.67 bits per heavy atom. The third-order valence-corrected chi connectivity index (χ3v) is 5.24. The van der Waals surface area contributed by atoms with Gasteiger partial charge in [0.15, 0.2) is 11.5 Å². The second-order valence-electron chi connectivity index (χ2n) is 7.78. The van der Waals surface area contributed by atoms with Crippen LogP contribution in [-0.2, 0) is 16.0 Å². The standard InChI is InChI=1S/C26H33N3O4/c1-5-7-10-19-11-8-12-21-25(19)26(28-18(3)27-21)29-20-14-15-22(31-4)23(17-20)33-16-9-13-24(30)32-6-2/h8,11-12,14-15,17H,5-7,9-10,13,16H2,1-4H3,(H,27,28,29). The number of carbonyl (C=O) groups is 1. The average Bonchev–Trinajstić information content (AvgIpc) is 2.80. The molecule has 0 aliphatic heterocycles. The Kier molecular flexibility index (Phi) is 8.87. The van der Waals surface area contributed by atoms with Gasteiger partial charge in [-0.2, -0.15) is 0 Å². The van der Waals surface area contributed by atoms with Crippen molar-refractivity contribution in [3.8, 4) is 11.5 Å². The Bertz CT molecular complexity index is 1080. The fourth-order valence-corrected chi connectivity index (χ4v) is 3.67. The first kappa shape index (κ1) is 24.3. The number of esters is 1. The number of fused-ring (bicyclic) bond motifs is 1. The minimum absolute atomic E-state index is 0.214. The van der Waals surface area contributed by atoms with Crippen LogP contribution in [0.5, 0.6) is 11.5 Å². The van der Waals surface area contributed by atoms with E-state index in [1.165, 1.54) is 5.56 Å². The third-order valence-electron chi connectivity index (χ3n) is 5.24. The van der Waals surface area contributed by atoms with E-state index < -0.39 is 0 Å². The van der Waals surface area contributed by atoms with E-state index in [9.17, 15) is 4.79 Å². The molecule has 0 radical (unpaired) electrons. The zero-order chi connectivity index (χ0) is 23.6. The molecular formula is C26H33N3O4. The summed E-state index contributed by atoms with van der Waals surface area (Å²) in [5.41, 5.74) is 3.00. The van der Waals surface area contributed by atoms with Gasteiger partial charge in [-0.15, -0.1) is 0 Å². The van der Waals surface area contributed by atoms with Gasteiger partial charge in [0.1, 0.15) is 11.6 Å². The maximum Gasteiger partial charge on any atom is 0.305 e. The topological polar surface area (TPSA) is 82.6 Å². The summed E-state index contributed by atoms with van der Waals surface area (Å²) in [5.74, 6) is 2.51. The van der Waals surface area contributed by atoms with Crippen molar-refractivity contribution in [3.05, 3.63) is 47.8 Å². The molecule has 0 saturated heterocycles. The molecule has 3 rings (SSSR count). The molecule has 1 N–H and O–H groups in total. The first-order valence-electron chi connectivity index (χ1n) is 11.5. The number of nitrogens with one attached hydrogen (secondary N) is 1. The van der Waals surface area contributed by atoms with Crippen LogP contribution >= 0.6 is 0 Å². The molecule has 1 aromatic heterocycles. The minimum atomic E-state index is -0.214. The molecule has 7 nitrogen and oxygen atoms in total. The van der Waals surface area contributed by atoms with Crippen molar-refractivity contribution in [2.75, 3.05) is 25.6 Å². The van der Waals surface area contributed by atoms with Crippen molar-refractivity contribution < 1.29 is 19.0 Å². The molecule has 3 aromatic rings. The second kappa shape index (κ2) is 12.0. The molecule has 0 atom stereocenters. The van der Waals surface area contributed by atoms with E-state index in [4.69, 9.17) is 19.2 Å². The lowest BCUT2D eigenvalue weighted by molar-refractivity contribution is -0.143. The molecular weight excluding hydrogens is 418 g/mol. The van der Waals surface area contributed by atoms with Crippen LogP contribution in [0.3, 0.4) is 0 Å². The summed E-state index contributed by atoms with van der Waals surface area (Å²) in [5, 5.41) is 4.51. The molecule has 0 bridgehead atoms. The van der Waals surface area contributed by atoms with Crippen molar-refractivity contribution >= 4 is 28.4 Å². The Morgan fingerprint density at radius 1 is 1.06 bits per heavy atom. The Hall–Kier alpha value is -3.35. The van der Waals surface area contributed by atoms with E-state index in [2.05, 4.69) is 29.4 Å². The highest BCUT2D eigenvalue weighted by atomic mass is 16.5. The summed E-state index contributed by atoms with van der Waals surface area (Å²) in [6.45, 7) is 6.66. The molecule has 33 heavy (non-hydrogen) atoms.